The average molecular weight is 502 g/mol. The van der Waals surface area contributed by atoms with Gasteiger partial charge in [-0.2, -0.15) is 5.10 Å². The van der Waals surface area contributed by atoms with Crippen LogP contribution >= 0.6 is 0 Å². The molecule has 2 aromatic carbocycles. The first-order chi connectivity index (χ1) is 17.1. The SMILES string of the molecule is Cc1nc2c(N3CCC(F)(F)C3)c(NC(=O)C3=NN(c4c(F)cccc4F)C(O)C=C3)ccc2n1C. The molecule has 1 unspecified atom stereocenters. The van der Waals surface area contributed by atoms with Crippen molar-refractivity contribution in [3.63, 3.8) is 0 Å². The molecular weight excluding hydrogens is 480 g/mol. The molecule has 8 nitrogen and oxygen atoms in total. The Morgan fingerprint density at radius 1 is 1.17 bits per heavy atom. The first-order valence-corrected chi connectivity index (χ1v) is 11.1. The van der Waals surface area contributed by atoms with Crippen molar-refractivity contribution in [1.29, 1.82) is 0 Å². The predicted molar refractivity (Wildman–Crippen MR) is 127 cm³/mol. The van der Waals surface area contributed by atoms with Gasteiger partial charge in [-0.05, 0) is 43.3 Å². The number of hydrogen-bond acceptors (Lipinski definition) is 6. The van der Waals surface area contributed by atoms with Crippen LogP contribution in [0.25, 0.3) is 11.0 Å². The quantitative estimate of drug-likeness (QED) is 0.532. The van der Waals surface area contributed by atoms with Crippen LogP contribution in [0.1, 0.15) is 12.2 Å². The minimum absolute atomic E-state index is 0.0674. The zero-order valence-corrected chi connectivity index (χ0v) is 19.3. The largest absolute Gasteiger partial charge is 0.368 e. The van der Waals surface area contributed by atoms with E-state index in [1.54, 1.807) is 26.1 Å². The third-order valence-electron chi connectivity index (χ3n) is 6.28. The normalized spacial score (nSPS) is 19.2. The molecule has 188 valence electrons. The Labute approximate surface area is 203 Å². The third-order valence-corrected chi connectivity index (χ3v) is 6.28. The Morgan fingerprint density at radius 2 is 1.89 bits per heavy atom. The van der Waals surface area contributed by atoms with E-state index in [2.05, 4.69) is 15.4 Å². The number of nitrogens with zero attached hydrogens (tertiary/aromatic N) is 5. The highest BCUT2D eigenvalue weighted by Crippen LogP contribution is 2.40. The monoisotopic (exact) mass is 502 g/mol. The number of hydrazone groups is 1. The fourth-order valence-electron chi connectivity index (χ4n) is 4.37. The van der Waals surface area contributed by atoms with Gasteiger partial charge < -0.3 is 19.9 Å². The maximum atomic E-state index is 14.3. The van der Waals surface area contributed by atoms with Gasteiger partial charge >= 0.3 is 0 Å². The molecule has 0 bridgehead atoms. The van der Waals surface area contributed by atoms with Crippen LogP contribution in [0, 0.1) is 18.6 Å². The molecule has 0 aliphatic carbocycles. The Hall–Kier alpha value is -3.93. The van der Waals surface area contributed by atoms with Crippen LogP contribution in [0.2, 0.25) is 0 Å². The summed E-state index contributed by atoms with van der Waals surface area (Å²) in [5, 5.41) is 17.5. The van der Waals surface area contributed by atoms with Crippen LogP contribution in [-0.4, -0.2) is 51.5 Å². The number of amides is 1. The molecule has 3 aromatic rings. The lowest BCUT2D eigenvalue weighted by molar-refractivity contribution is -0.110. The molecule has 36 heavy (non-hydrogen) atoms. The minimum Gasteiger partial charge on any atom is -0.368 e. The molecule has 0 radical (unpaired) electrons. The second kappa shape index (κ2) is 8.63. The first-order valence-electron chi connectivity index (χ1n) is 11.1. The molecule has 2 aliphatic rings. The van der Waals surface area contributed by atoms with Crippen molar-refractivity contribution in [2.24, 2.45) is 12.1 Å². The third kappa shape index (κ3) is 4.06. The Bertz CT molecular complexity index is 1410. The van der Waals surface area contributed by atoms with Crippen molar-refractivity contribution in [1.82, 2.24) is 9.55 Å². The van der Waals surface area contributed by atoms with Crippen molar-refractivity contribution in [2.45, 2.75) is 25.5 Å². The lowest BCUT2D eigenvalue weighted by Gasteiger charge is -2.27. The van der Waals surface area contributed by atoms with Gasteiger partial charge in [-0.1, -0.05) is 6.07 Å². The van der Waals surface area contributed by atoms with Crippen molar-refractivity contribution in [2.75, 3.05) is 28.3 Å². The molecule has 3 heterocycles. The molecule has 2 aliphatic heterocycles. The van der Waals surface area contributed by atoms with E-state index in [0.717, 1.165) is 24.3 Å². The number of halogens is 4. The molecule has 2 N–H and O–H groups in total. The van der Waals surface area contributed by atoms with Gasteiger partial charge in [-0.3, -0.25) is 4.79 Å². The molecule has 1 saturated heterocycles. The number of aryl methyl sites for hydroxylation is 2. The summed E-state index contributed by atoms with van der Waals surface area (Å²) < 4.78 is 58.6. The second-order valence-electron chi connectivity index (χ2n) is 8.70. The number of benzene rings is 2. The maximum Gasteiger partial charge on any atom is 0.276 e. The predicted octanol–water partition coefficient (Wildman–Crippen LogP) is 3.69. The van der Waals surface area contributed by atoms with Gasteiger partial charge in [-0.25, -0.2) is 27.6 Å². The van der Waals surface area contributed by atoms with Crippen molar-refractivity contribution >= 4 is 39.7 Å². The Balaban J connectivity index is 1.52. The van der Waals surface area contributed by atoms with E-state index in [1.165, 1.54) is 11.0 Å². The number of aromatic nitrogens is 2. The van der Waals surface area contributed by atoms with Gasteiger partial charge in [0.1, 0.15) is 22.7 Å². The Morgan fingerprint density at radius 3 is 2.56 bits per heavy atom. The number of aliphatic hydroxyl groups excluding tert-OH is 1. The molecule has 5 rings (SSSR count). The summed E-state index contributed by atoms with van der Waals surface area (Å²) in [5.41, 5.74) is 0.864. The molecule has 0 saturated carbocycles. The molecule has 1 amide bonds. The van der Waals surface area contributed by atoms with E-state index < -0.39 is 41.9 Å². The summed E-state index contributed by atoms with van der Waals surface area (Å²) >= 11 is 0. The number of alkyl halides is 2. The van der Waals surface area contributed by atoms with Crippen molar-refractivity contribution in [3.05, 3.63) is 59.9 Å². The van der Waals surface area contributed by atoms with E-state index in [4.69, 9.17) is 0 Å². The van der Waals surface area contributed by atoms with Crippen LogP contribution in [0.15, 0.2) is 47.6 Å². The minimum atomic E-state index is -2.88. The highest BCUT2D eigenvalue weighted by Gasteiger charge is 2.40. The number of fused-ring (bicyclic) bond motifs is 1. The number of para-hydroxylation sites is 1. The van der Waals surface area contributed by atoms with Crippen LogP contribution in [-0.2, 0) is 11.8 Å². The van der Waals surface area contributed by atoms with E-state index in [0.29, 0.717) is 27.6 Å². The average Bonchev–Trinajstić information content (AvgIpc) is 3.32. The fourth-order valence-corrected chi connectivity index (χ4v) is 4.37. The molecule has 1 atom stereocenters. The maximum absolute atomic E-state index is 14.3. The summed E-state index contributed by atoms with van der Waals surface area (Å²) in [5.74, 6) is -4.93. The smallest absolute Gasteiger partial charge is 0.276 e. The number of anilines is 3. The van der Waals surface area contributed by atoms with Gasteiger partial charge in [0.15, 0.2) is 17.9 Å². The summed E-state index contributed by atoms with van der Waals surface area (Å²) in [6.45, 7) is 1.32. The van der Waals surface area contributed by atoms with E-state index >= 15 is 0 Å². The lowest BCUT2D eigenvalue weighted by Crippen LogP contribution is -2.37. The molecule has 1 aromatic heterocycles. The van der Waals surface area contributed by atoms with Gasteiger partial charge in [0, 0.05) is 20.0 Å². The molecule has 12 heteroatoms. The number of carbonyl (C=O) groups is 1. The lowest BCUT2D eigenvalue weighted by atomic mass is 10.2. The first kappa shape index (κ1) is 23.8. The fraction of sp³-hybridized carbons (Fsp3) is 0.292. The topological polar surface area (TPSA) is 86.0 Å². The van der Waals surface area contributed by atoms with Gasteiger partial charge in [-0.15, -0.1) is 0 Å². The molecular formula is C24H22F4N6O2. The number of rotatable bonds is 4. The van der Waals surface area contributed by atoms with Gasteiger partial charge in [0.05, 0.1) is 23.4 Å². The van der Waals surface area contributed by atoms with Crippen LogP contribution in [0.3, 0.4) is 0 Å². The van der Waals surface area contributed by atoms with Crippen molar-refractivity contribution < 1.29 is 27.5 Å². The number of nitrogens with one attached hydrogen (secondary N) is 1. The van der Waals surface area contributed by atoms with E-state index in [-0.39, 0.29) is 24.4 Å². The molecule has 0 spiro atoms. The molecule has 1 fully saturated rings. The highest BCUT2D eigenvalue weighted by molar-refractivity contribution is 6.47. The second-order valence-corrected chi connectivity index (χ2v) is 8.70. The standard InChI is InChI=1S/C24H22F4N6O2/c1-13-29-20-18(32(13)2)8-6-16(22(20)33-11-10-24(27,28)12-33)30-23(36)17-7-9-19(35)34(31-17)21-14(25)4-3-5-15(21)26/h3-9,19,35H,10-12H2,1-2H3,(H,30,36). The number of hydrogen-bond donors (Lipinski definition) is 2. The summed E-state index contributed by atoms with van der Waals surface area (Å²) in [7, 11) is 1.80. The zero-order valence-electron chi connectivity index (χ0n) is 19.3. The van der Waals surface area contributed by atoms with E-state index in [9.17, 15) is 27.5 Å². The van der Waals surface area contributed by atoms with E-state index in [1.807, 2.05) is 4.57 Å². The number of aliphatic hydroxyl groups is 1. The summed E-state index contributed by atoms with van der Waals surface area (Å²) in [6.07, 6.45) is 0.519. The van der Waals surface area contributed by atoms with Gasteiger partial charge in [0.2, 0.25) is 0 Å². The van der Waals surface area contributed by atoms with Crippen LogP contribution < -0.4 is 15.2 Å². The van der Waals surface area contributed by atoms with Gasteiger partial charge in [0.25, 0.3) is 11.8 Å². The van der Waals surface area contributed by atoms with Crippen LogP contribution in [0.5, 0.6) is 0 Å². The zero-order chi connectivity index (χ0) is 25.8. The summed E-state index contributed by atoms with van der Waals surface area (Å²) in [6, 6.07) is 6.47. The Kier molecular flexibility index (Phi) is 5.70. The number of imidazole rings is 1. The summed E-state index contributed by atoms with van der Waals surface area (Å²) in [4.78, 5) is 19.1. The number of carbonyl (C=O) groups excluding carboxylic acids is 1. The highest BCUT2D eigenvalue weighted by atomic mass is 19.3. The van der Waals surface area contributed by atoms with Crippen LogP contribution in [0.4, 0.5) is 34.6 Å². The van der Waals surface area contributed by atoms with Crippen molar-refractivity contribution in [3.8, 4) is 0 Å².